The summed E-state index contributed by atoms with van der Waals surface area (Å²) in [5, 5.41) is 36.4. The maximum Gasteiger partial charge on any atom is 0.309 e. The summed E-state index contributed by atoms with van der Waals surface area (Å²) in [6, 6.07) is 0. The van der Waals surface area contributed by atoms with Gasteiger partial charge in [0, 0.05) is 47.3 Å². The molecule has 0 aliphatic carbocycles. The Morgan fingerprint density at radius 1 is 0.686 bits per heavy atom. The number of nitrogens with zero attached hydrogens (tertiary/aromatic N) is 2. The molecule has 70 heavy (non-hydrogen) atoms. The van der Waals surface area contributed by atoms with E-state index in [9.17, 15) is 34.5 Å². The monoisotopic (exact) mass is 1000 g/mol. The first-order valence-electron chi connectivity index (χ1n) is 25.1. The van der Waals surface area contributed by atoms with Gasteiger partial charge in [0.25, 0.3) is 0 Å². The van der Waals surface area contributed by atoms with E-state index in [2.05, 4.69) is 55.9 Å². The molecule has 0 radical (unpaired) electrons. The second-order valence-electron chi connectivity index (χ2n) is 21.1. The number of aliphatic hydroxyl groups excluding tert-OH is 3. The summed E-state index contributed by atoms with van der Waals surface area (Å²) in [4.78, 5) is 61.5. The molecule has 13 heteroatoms. The van der Waals surface area contributed by atoms with Gasteiger partial charge in [-0.3, -0.25) is 19.2 Å². The van der Waals surface area contributed by atoms with E-state index < -0.39 is 41.0 Å². The van der Waals surface area contributed by atoms with Gasteiger partial charge in [-0.05, 0) is 93.9 Å². The molecule has 0 unspecified atom stereocenters. The van der Waals surface area contributed by atoms with Crippen LogP contribution in [0.25, 0.3) is 12.2 Å². The predicted octanol–water partition coefficient (Wildman–Crippen LogP) is 12.1. The molecule has 0 spiro atoms. The molecule has 2 aromatic heterocycles. The average molecular weight is 1010 g/mol. The number of hydrogen-bond donors (Lipinski definition) is 3. The van der Waals surface area contributed by atoms with E-state index in [4.69, 9.17) is 9.47 Å². The van der Waals surface area contributed by atoms with Crippen molar-refractivity contribution in [2.45, 2.75) is 180 Å². The molecule has 0 amide bonds. The van der Waals surface area contributed by atoms with Gasteiger partial charge in [0.15, 0.2) is 0 Å². The zero-order chi connectivity index (χ0) is 52.7. The maximum absolute atomic E-state index is 13.5. The molecule has 4 rings (SSSR count). The van der Waals surface area contributed by atoms with E-state index >= 15 is 0 Å². The molecule has 11 nitrogen and oxygen atoms in total. The largest absolute Gasteiger partial charge is 0.457 e. The molecule has 2 aromatic rings. The molecule has 0 fully saturated rings. The van der Waals surface area contributed by atoms with Crippen LogP contribution in [0, 0.1) is 46.3 Å². The second-order valence-corrected chi connectivity index (χ2v) is 23.0. The predicted molar refractivity (Wildman–Crippen MR) is 285 cm³/mol. The van der Waals surface area contributed by atoms with Crippen LogP contribution < -0.4 is 0 Å². The molecule has 4 heterocycles. The van der Waals surface area contributed by atoms with Crippen LogP contribution in [0.4, 0.5) is 0 Å². The average Bonchev–Trinajstić information content (AvgIpc) is 3.98. The molecule has 10 atom stereocenters. The van der Waals surface area contributed by atoms with Crippen LogP contribution in [0.1, 0.15) is 164 Å². The van der Waals surface area contributed by atoms with Crippen molar-refractivity contribution in [3.05, 3.63) is 90.9 Å². The first-order chi connectivity index (χ1) is 32.7. The van der Waals surface area contributed by atoms with E-state index in [-0.39, 0.29) is 66.8 Å². The summed E-state index contributed by atoms with van der Waals surface area (Å²) < 4.78 is 11.8. The Hall–Kier alpha value is -4.14. The quantitative estimate of drug-likeness (QED) is 0.235. The Labute approximate surface area is 427 Å². The number of thiazole rings is 2. The number of carbonyl (C=O) groups is 4. The number of ether oxygens (including phenoxy) is 2. The zero-order valence-corrected chi connectivity index (χ0v) is 46.3. The van der Waals surface area contributed by atoms with Crippen molar-refractivity contribution in [2.24, 2.45) is 46.3 Å². The highest BCUT2D eigenvalue weighted by atomic mass is 32.1. The van der Waals surface area contributed by atoms with Gasteiger partial charge >= 0.3 is 11.9 Å². The van der Waals surface area contributed by atoms with E-state index in [0.29, 0.717) is 35.9 Å². The second kappa shape index (κ2) is 27.6. The minimum Gasteiger partial charge on any atom is -0.457 e. The number of aliphatic hydroxyl groups is 3. The van der Waals surface area contributed by atoms with Gasteiger partial charge in [-0.15, -0.1) is 22.7 Å². The summed E-state index contributed by atoms with van der Waals surface area (Å²) in [7, 11) is 0. The fourth-order valence-corrected chi connectivity index (χ4v) is 9.94. The first-order valence-corrected chi connectivity index (χ1v) is 26.8. The van der Waals surface area contributed by atoms with Crippen molar-refractivity contribution in [3.8, 4) is 0 Å². The lowest BCUT2D eigenvalue weighted by atomic mass is 9.67. The fourth-order valence-electron chi connectivity index (χ4n) is 8.63. The van der Waals surface area contributed by atoms with Crippen LogP contribution >= 0.6 is 22.7 Å². The number of aryl methyl sites for hydroxylation is 1. The molecule has 0 saturated carbocycles. The van der Waals surface area contributed by atoms with Crippen molar-refractivity contribution in [3.63, 3.8) is 0 Å². The maximum atomic E-state index is 13.5. The zero-order valence-electron chi connectivity index (χ0n) is 44.7. The molecular formula is C57H84N2O9S2. The van der Waals surface area contributed by atoms with Crippen LogP contribution in [-0.4, -0.2) is 73.2 Å². The Bertz CT molecular complexity index is 2100. The standard InChI is InChI=1S/C30H45NO3S.C27H39NO6S/c1-10-27-31-25(18-35-27)16-21(4)26-15-14-19(2)12-11-13-20(3)23(6)24(7)29(33)30(8,9)22(5)17-28(32)34-26;1-16-8-7-9-17(2)25(32)19(4)26(33)27(5,6)22(30)13-24(31)34-21(11-10-16)18(3)12-20-15-35-23(14-29)28-20/h11-12,14,16,18,20,22-24,26H,10,13,15,17H2,1-9H3;7-8,10,12,15,17,19,21-22,25,29-30,32H,9,11,13-14H2,1-6H3/b12-11+,19-14-,21-16+;8-7?,16-10?,18-12+/t20-,22-,23-,24+,26-;17-,19+,21-,22-,25-/m00/s1. The molecule has 2 aliphatic heterocycles. The molecular weight excluding hydrogens is 921 g/mol. The summed E-state index contributed by atoms with van der Waals surface area (Å²) in [6.07, 6.45) is 16.5. The van der Waals surface area contributed by atoms with Crippen LogP contribution in [0.3, 0.4) is 0 Å². The lowest BCUT2D eigenvalue weighted by Crippen LogP contribution is -2.45. The Morgan fingerprint density at radius 3 is 1.61 bits per heavy atom. The smallest absolute Gasteiger partial charge is 0.309 e. The van der Waals surface area contributed by atoms with Crippen molar-refractivity contribution in [1.82, 2.24) is 9.97 Å². The lowest BCUT2D eigenvalue weighted by molar-refractivity contribution is -0.154. The van der Waals surface area contributed by atoms with Gasteiger partial charge in [0.1, 0.15) is 28.8 Å². The van der Waals surface area contributed by atoms with Gasteiger partial charge < -0.3 is 24.8 Å². The molecule has 0 aromatic carbocycles. The van der Waals surface area contributed by atoms with Crippen molar-refractivity contribution >= 4 is 58.3 Å². The molecule has 2 aliphatic rings. The van der Waals surface area contributed by atoms with Gasteiger partial charge in [-0.1, -0.05) is 124 Å². The van der Waals surface area contributed by atoms with Crippen molar-refractivity contribution < 1.29 is 44.0 Å². The first kappa shape index (κ1) is 60.2. The minimum absolute atomic E-state index is 0.0690. The number of cyclic esters (lactones) is 2. The van der Waals surface area contributed by atoms with E-state index in [0.717, 1.165) is 45.8 Å². The van der Waals surface area contributed by atoms with Crippen LogP contribution in [0.2, 0.25) is 0 Å². The highest BCUT2D eigenvalue weighted by Gasteiger charge is 2.43. The number of Topliss-reactive ketones (excluding diaryl/α,β-unsaturated/α-hetero) is 2. The SMILES string of the molecule is CC1=CC[C@@H](/C(C)=C/c2csc(CO)n2)OC(=O)C[C@H](O)C(C)(C)C(=O)[C@H](C)[C@@H](O)[C@@H](C)CC=C1.CCc1nc(/C=C(\C)[C@@H]2C/C=C(C)\C=C\C[C@H](C)[C@H](C)[C@@H](C)C(=O)C(C)(C)[C@@H](C)CC(=O)O2)cs1. The van der Waals surface area contributed by atoms with Crippen molar-refractivity contribution in [2.75, 3.05) is 0 Å². The number of hydrogen-bond acceptors (Lipinski definition) is 13. The molecule has 3 N–H and O–H groups in total. The molecule has 388 valence electrons. The number of allylic oxidation sites excluding steroid dienone is 6. The Kier molecular flexibility index (Phi) is 23.7. The number of ketones is 2. The topological polar surface area (TPSA) is 173 Å². The third-order valence-corrected chi connectivity index (χ3v) is 16.6. The van der Waals surface area contributed by atoms with Crippen LogP contribution in [0.15, 0.2) is 69.5 Å². The normalized spacial score (nSPS) is 30.8. The summed E-state index contributed by atoms with van der Waals surface area (Å²) in [5.74, 6) is -1.30. The van der Waals surface area contributed by atoms with E-state index in [1.165, 1.54) is 11.3 Å². The van der Waals surface area contributed by atoms with Crippen molar-refractivity contribution in [1.29, 1.82) is 0 Å². The van der Waals surface area contributed by atoms with Crippen LogP contribution in [0.5, 0.6) is 0 Å². The summed E-state index contributed by atoms with van der Waals surface area (Å²) in [6.45, 7) is 29.0. The van der Waals surface area contributed by atoms with Crippen LogP contribution in [-0.2, 0) is 41.7 Å². The lowest BCUT2D eigenvalue weighted by Gasteiger charge is -2.36. The van der Waals surface area contributed by atoms with E-state index in [1.807, 2.05) is 96.5 Å². The minimum atomic E-state index is -1.26. The summed E-state index contributed by atoms with van der Waals surface area (Å²) >= 11 is 3.00. The number of esters is 2. The Morgan fingerprint density at radius 2 is 1.14 bits per heavy atom. The fraction of sp³-hybridized carbons (Fsp3) is 0.614. The van der Waals surface area contributed by atoms with Gasteiger partial charge in [-0.2, -0.15) is 0 Å². The highest BCUT2D eigenvalue weighted by molar-refractivity contribution is 7.10. The van der Waals surface area contributed by atoms with Gasteiger partial charge in [0.2, 0.25) is 0 Å². The van der Waals surface area contributed by atoms with Gasteiger partial charge in [-0.25, -0.2) is 9.97 Å². The van der Waals surface area contributed by atoms with Gasteiger partial charge in [0.05, 0.1) is 47.0 Å². The molecule has 0 bridgehead atoms. The highest BCUT2D eigenvalue weighted by Crippen LogP contribution is 2.38. The number of carbonyl (C=O) groups excluding carboxylic acids is 4. The Balaban J connectivity index is 0.000000370. The number of rotatable bonds is 6. The third-order valence-electron chi connectivity index (χ3n) is 14.8. The van der Waals surface area contributed by atoms with E-state index in [1.54, 1.807) is 32.1 Å². The molecule has 0 saturated heterocycles. The number of aromatic nitrogens is 2. The third kappa shape index (κ3) is 17.6. The summed E-state index contributed by atoms with van der Waals surface area (Å²) in [5.41, 5.74) is 3.62.